The summed E-state index contributed by atoms with van der Waals surface area (Å²) in [5.41, 5.74) is 0.237. The molecule has 1 aromatic rings. The topological polar surface area (TPSA) is 208 Å². The van der Waals surface area contributed by atoms with Crippen LogP contribution in [-0.4, -0.2) is 92.6 Å². The number of nitro groups is 1. The molecule has 2 saturated heterocycles. The lowest BCUT2D eigenvalue weighted by Gasteiger charge is -2.32. The third-order valence-corrected chi connectivity index (χ3v) is 7.07. The van der Waals surface area contributed by atoms with Crippen molar-refractivity contribution in [3.05, 3.63) is 34.4 Å². The number of nitro benzene ring substituents is 1. The van der Waals surface area contributed by atoms with Gasteiger partial charge in [0, 0.05) is 37.3 Å². The zero-order valence-electron chi connectivity index (χ0n) is 22.8. The first-order valence-electron chi connectivity index (χ1n) is 13.4. The third kappa shape index (κ3) is 7.99. The second kappa shape index (κ2) is 13.7. The molecule has 222 valence electrons. The van der Waals surface area contributed by atoms with Crippen LogP contribution >= 0.6 is 0 Å². The molecule has 0 radical (unpaired) electrons. The number of hydrogen-bond acceptors (Lipinski definition) is 8. The van der Waals surface area contributed by atoms with Crippen molar-refractivity contribution in [3.63, 3.8) is 0 Å². The van der Waals surface area contributed by atoms with Crippen LogP contribution in [-0.2, 0) is 28.8 Å². The predicted octanol–water partition coefficient (Wildman–Crippen LogP) is 0.390. The minimum Gasteiger partial charge on any atom is -0.481 e. The maximum atomic E-state index is 13.5. The smallest absolute Gasteiger partial charge is 0.303 e. The molecule has 2 heterocycles. The molecule has 0 spiro atoms. The standard InChI is InChI=1S/C26H34N6O9/c1-15(27-21(33)11-12-22(34)35)23(36)28-16(2)25(38)31-14-4-6-20(31)26(39)30-13-3-5-19(30)24(37)29-17-7-9-18(10-8-17)32(40)41/h7-10,15-16,19-20H,3-6,11-14H2,1-2H3,(H,27,33)(H,28,36)(H,29,37)(H,34,35)/t15-,16-,19-,20-/m0/s1. The van der Waals surface area contributed by atoms with E-state index in [4.69, 9.17) is 5.11 Å². The first kappa shape index (κ1) is 31.0. The molecule has 0 unspecified atom stereocenters. The van der Waals surface area contributed by atoms with Crippen molar-refractivity contribution < 1.29 is 38.8 Å². The Labute approximate surface area is 235 Å². The number of carboxylic acids is 1. The zero-order chi connectivity index (χ0) is 30.3. The molecule has 41 heavy (non-hydrogen) atoms. The fraction of sp³-hybridized carbons (Fsp3) is 0.538. The highest BCUT2D eigenvalue weighted by Gasteiger charge is 2.43. The maximum absolute atomic E-state index is 13.5. The average Bonchev–Trinajstić information content (AvgIpc) is 3.62. The van der Waals surface area contributed by atoms with Gasteiger partial charge in [-0.15, -0.1) is 0 Å². The molecule has 15 nitrogen and oxygen atoms in total. The van der Waals surface area contributed by atoms with Crippen LogP contribution < -0.4 is 16.0 Å². The van der Waals surface area contributed by atoms with E-state index in [-0.39, 0.29) is 24.4 Å². The van der Waals surface area contributed by atoms with Gasteiger partial charge in [0.1, 0.15) is 24.2 Å². The molecule has 0 bridgehead atoms. The largest absolute Gasteiger partial charge is 0.481 e. The number of amides is 5. The van der Waals surface area contributed by atoms with E-state index in [0.29, 0.717) is 44.5 Å². The van der Waals surface area contributed by atoms with Crippen molar-refractivity contribution in [3.8, 4) is 0 Å². The monoisotopic (exact) mass is 574 g/mol. The van der Waals surface area contributed by atoms with Gasteiger partial charge < -0.3 is 30.9 Å². The van der Waals surface area contributed by atoms with E-state index in [9.17, 15) is 38.9 Å². The Hall–Kier alpha value is -4.56. The van der Waals surface area contributed by atoms with Crippen LogP contribution in [0.3, 0.4) is 0 Å². The first-order valence-corrected chi connectivity index (χ1v) is 13.4. The minimum absolute atomic E-state index is 0.118. The zero-order valence-corrected chi connectivity index (χ0v) is 22.8. The summed E-state index contributed by atoms with van der Waals surface area (Å²) in [7, 11) is 0. The van der Waals surface area contributed by atoms with Crippen molar-refractivity contribution in [2.24, 2.45) is 0 Å². The highest BCUT2D eigenvalue weighted by molar-refractivity contribution is 5.99. The first-order chi connectivity index (χ1) is 19.4. The van der Waals surface area contributed by atoms with Crippen molar-refractivity contribution in [2.45, 2.75) is 76.5 Å². The van der Waals surface area contributed by atoms with E-state index < -0.39 is 58.7 Å². The quantitative estimate of drug-likeness (QED) is 0.212. The summed E-state index contributed by atoms with van der Waals surface area (Å²) in [6, 6.07) is 1.77. The summed E-state index contributed by atoms with van der Waals surface area (Å²) in [4.78, 5) is 87.9. The number of carbonyl (C=O) groups is 6. The number of benzene rings is 1. The number of hydrogen-bond donors (Lipinski definition) is 4. The van der Waals surface area contributed by atoms with Crippen molar-refractivity contribution in [1.82, 2.24) is 20.4 Å². The highest BCUT2D eigenvalue weighted by atomic mass is 16.6. The van der Waals surface area contributed by atoms with Crippen LogP contribution in [0.25, 0.3) is 0 Å². The number of nitrogens with zero attached hydrogens (tertiary/aromatic N) is 3. The van der Waals surface area contributed by atoms with Crippen LogP contribution in [0.2, 0.25) is 0 Å². The number of aliphatic carboxylic acids is 1. The van der Waals surface area contributed by atoms with E-state index in [1.165, 1.54) is 47.9 Å². The SMILES string of the molecule is C[C@H](NC(=O)CCC(=O)O)C(=O)N[C@@H](C)C(=O)N1CCC[C@H]1C(=O)N1CCC[C@H]1C(=O)Nc1ccc([N+](=O)[O-])cc1. The molecule has 0 saturated carbocycles. The molecule has 0 aromatic heterocycles. The summed E-state index contributed by atoms with van der Waals surface area (Å²) in [5.74, 6) is -3.67. The summed E-state index contributed by atoms with van der Waals surface area (Å²) in [6.45, 7) is 3.50. The Kier molecular flexibility index (Phi) is 10.3. The van der Waals surface area contributed by atoms with Gasteiger partial charge in [0.05, 0.1) is 11.3 Å². The molecule has 3 rings (SSSR count). The number of anilines is 1. The van der Waals surface area contributed by atoms with Crippen LogP contribution in [0.4, 0.5) is 11.4 Å². The van der Waals surface area contributed by atoms with E-state index in [2.05, 4.69) is 16.0 Å². The van der Waals surface area contributed by atoms with E-state index in [1.807, 2.05) is 0 Å². The van der Waals surface area contributed by atoms with Crippen LogP contribution in [0, 0.1) is 10.1 Å². The highest BCUT2D eigenvalue weighted by Crippen LogP contribution is 2.26. The van der Waals surface area contributed by atoms with Crippen LogP contribution in [0.15, 0.2) is 24.3 Å². The number of carboxylic acid groups (broad SMARTS) is 1. The van der Waals surface area contributed by atoms with Gasteiger partial charge in [-0.05, 0) is 51.7 Å². The van der Waals surface area contributed by atoms with Crippen molar-refractivity contribution in [1.29, 1.82) is 0 Å². The molecule has 2 aliphatic heterocycles. The molecule has 2 fully saturated rings. The lowest BCUT2D eigenvalue weighted by atomic mass is 10.1. The number of likely N-dealkylation sites (tertiary alicyclic amines) is 2. The predicted molar refractivity (Wildman–Crippen MR) is 143 cm³/mol. The van der Waals surface area contributed by atoms with Crippen LogP contribution in [0.5, 0.6) is 0 Å². The fourth-order valence-electron chi connectivity index (χ4n) is 4.92. The fourth-order valence-corrected chi connectivity index (χ4v) is 4.92. The second-order valence-corrected chi connectivity index (χ2v) is 10.1. The molecule has 1 aromatic carbocycles. The molecule has 15 heteroatoms. The lowest BCUT2D eigenvalue weighted by Crippen LogP contribution is -2.56. The Balaban J connectivity index is 1.58. The molecule has 0 aliphatic carbocycles. The molecule has 2 aliphatic rings. The van der Waals surface area contributed by atoms with Crippen molar-refractivity contribution in [2.75, 3.05) is 18.4 Å². The molecule has 5 amide bonds. The average molecular weight is 575 g/mol. The molecular weight excluding hydrogens is 540 g/mol. The van der Waals surface area contributed by atoms with Gasteiger partial charge in [0.25, 0.3) is 5.69 Å². The van der Waals surface area contributed by atoms with Gasteiger partial charge in [-0.25, -0.2) is 0 Å². The third-order valence-electron chi connectivity index (χ3n) is 7.07. The number of nitrogens with one attached hydrogen (secondary N) is 3. The van der Waals surface area contributed by atoms with Gasteiger partial charge in [0.2, 0.25) is 29.5 Å². The number of rotatable bonds is 11. The second-order valence-electron chi connectivity index (χ2n) is 10.1. The van der Waals surface area contributed by atoms with E-state index in [1.54, 1.807) is 0 Å². The van der Waals surface area contributed by atoms with E-state index in [0.717, 1.165) is 0 Å². The van der Waals surface area contributed by atoms with Gasteiger partial charge >= 0.3 is 5.97 Å². The minimum atomic E-state index is -1.14. The summed E-state index contributed by atoms with van der Waals surface area (Å²) in [5, 5.41) is 27.1. The Morgan fingerprint density at radius 2 is 1.54 bits per heavy atom. The Morgan fingerprint density at radius 1 is 0.927 bits per heavy atom. The van der Waals surface area contributed by atoms with Gasteiger partial charge in [-0.3, -0.25) is 38.9 Å². The summed E-state index contributed by atoms with van der Waals surface area (Å²) >= 11 is 0. The van der Waals surface area contributed by atoms with Crippen LogP contribution in [0.1, 0.15) is 52.4 Å². The maximum Gasteiger partial charge on any atom is 0.303 e. The van der Waals surface area contributed by atoms with Gasteiger partial charge in [0.15, 0.2) is 0 Å². The number of carbonyl (C=O) groups excluding carboxylic acids is 5. The lowest BCUT2D eigenvalue weighted by molar-refractivity contribution is -0.384. The summed E-state index contributed by atoms with van der Waals surface area (Å²) in [6.07, 6.45) is 1.31. The van der Waals surface area contributed by atoms with E-state index >= 15 is 0 Å². The summed E-state index contributed by atoms with van der Waals surface area (Å²) < 4.78 is 0. The van der Waals surface area contributed by atoms with Crippen molar-refractivity contribution >= 4 is 46.9 Å². The molecule has 4 N–H and O–H groups in total. The van der Waals surface area contributed by atoms with Gasteiger partial charge in [-0.1, -0.05) is 0 Å². The normalized spacial score (nSPS) is 19.7. The molecular formula is C26H34N6O9. The molecule has 4 atom stereocenters. The number of non-ortho nitro benzene ring substituents is 1. The Morgan fingerprint density at radius 3 is 2.15 bits per heavy atom. The Bertz CT molecular complexity index is 1200. The van der Waals surface area contributed by atoms with Gasteiger partial charge in [-0.2, -0.15) is 0 Å².